The van der Waals surface area contributed by atoms with Crippen LogP contribution in [0.15, 0.2) is 35.5 Å². The van der Waals surface area contributed by atoms with Gasteiger partial charge in [0.25, 0.3) is 0 Å². The molecule has 9 heteroatoms. The number of nitrogens with one attached hydrogen (secondary N) is 1. The minimum Gasteiger partial charge on any atom is -0.309 e. The molecule has 0 aliphatic heterocycles. The van der Waals surface area contributed by atoms with E-state index in [1.807, 2.05) is 42.7 Å². The molecule has 0 aliphatic carbocycles. The number of aryl methyl sites for hydroxylation is 1. The average molecular weight is 395 g/mol. The van der Waals surface area contributed by atoms with Gasteiger partial charge in [0.1, 0.15) is 5.82 Å². The summed E-state index contributed by atoms with van der Waals surface area (Å²) in [5, 5.41) is 13.4. The number of hydrogen-bond acceptors (Lipinski definition) is 6. The monoisotopic (exact) mass is 394 g/mol. The molecule has 6 nitrogen and oxygen atoms in total. The number of halogens is 2. The lowest BCUT2D eigenvalue weighted by Gasteiger charge is -2.09. The predicted octanol–water partition coefficient (Wildman–Crippen LogP) is 4.74. The third-order valence-corrected chi connectivity index (χ3v) is 4.97. The third-order valence-electron chi connectivity index (χ3n) is 3.41. The van der Waals surface area contributed by atoms with Gasteiger partial charge in [0.15, 0.2) is 5.16 Å². The minimum atomic E-state index is 0.193. The van der Waals surface area contributed by atoms with Crippen LogP contribution in [-0.2, 0) is 12.3 Å². The molecule has 2 heterocycles. The molecule has 0 atom stereocenters. The normalized spacial score (nSPS) is 10.9. The third kappa shape index (κ3) is 4.42. The average Bonchev–Trinajstić information content (AvgIpc) is 2.94. The quantitative estimate of drug-likeness (QED) is 0.480. The molecule has 0 aliphatic rings. The summed E-state index contributed by atoms with van der Waals surface area (Å²) in [7, 11) is 0. The molecule has 0 radical (unpaired) electrons. The Balaban J connectivity index is 1.77. The van der Waals surface area contributed by atoms with Gasteiger partial charge in [-0.25, -0.2) is 9.97 Å². The fourth-order valence-electron chi connectivity index (χ4n) is 2.24. The van der Waals surface area contributed by atoms with E-state index in [2.05, 4.69) is 25.5 Å². The Bertz CT molecular complexity index is 863. The van der Waals surface area contributed by atoms with Crippen LogP contribution in [0.2, 0.25) is 10.3 Å². The highest BCUT2D eigenvalue weighted by Crippen LogP contribution is 2.27. The van der Waals surface area contributed by atoms with Gasteiger partial charge in [0, 0.05) is 29.1 Å². The van der Waals surface area contributed by atoms with E-state index in [4.69, 9.17) is 23.2 Å². The molecular formula is C16H16Cl2N6S. The number of benzene rings is 1. The Labute approximate surface area is 160 Å². The maximum atomic E-state index is 6.21. The molecule has 0 amide bonds. The van der Waals surface area contributed by atoms with Gasteiger partial charge in [0.2, 0.25) is 11.2 Å². The Kier molecular flexibility index (Phi) is 5.78. The first-order valence-electron chi connectivity index (χ1n) is 7.64. The molecule has 1 aromatic carbocycles. The van der Waals surface area contributed by atoms with Crippen LogP contribution in [0.5, 0.6) is 0 Å². The molecule has 3 aromatic rings. The lowest BCUT2D eigenvalue weighted by molar-refractivity contribution is 0.688. The largest absolute Gasteiger partial charge is 0.309 e. The van der Waals surface area contributed by atoms with E-state index < -0.39 is 0 Å². The van der Waals surface area contributed by atoms with Crippen LogP contribution in [0.25, 0.3) is 0 Å². The summed E-state index contributed by atoms with van der Waals surface area (Å²) in [4.78, 5) is 8.21. The molecular weight excluding hydrogens is 379 g/mol. The molecule has 0 saturated heterocycles. The molecule has 0 fully saturated rings. The van der Waals surface area contributed by atoms with Crippen LogP contribution < -0.4 is 5.32 Å². The lowest BCUT2D eigenvalue weighted by atomic mass is 10.2. The number of aromatic nitrogens is 5. The van der Waals surface area contributed by atoms with Crippen LogP contribution >= 0.6 is 35.0 Å². The number of hydrogen-bond donors (Lipinski definition) is 1. The van der Waals surface area contributed by atoms with Crippen molar-refractivity contribution in [3.8, 4) is 0 Å². The molecule has 130 valence electrons. The van der Waals surface area contributed by atoms with Crippen molar-refractivity contribution in [1.82, 2.24) is 24.7 Å². The second-order valence-corrected chi connectivity index (χ2v) is 6.91. The summed E-state index contributed by atoms with van der Waals surface area (Å²) in [5.41, 5.74) is 1.84. The standard InChI is InChI=1S/C16H16Cl2N6S/c1-3-24-15(21-13-8-10(2)19-14(18)20-13)22-23-16(24)25-9-11-6-4-5-7-12(11)17/h4-8H,3,9H2,1-2H3,(H,19,20,21,22). The molecule has 0 unspecified atom stereocenters. The Hall–Kier alpha value is -1.83. The molecule has 0 bridgehead atoms. The number of thioether (sulfide) groups is 1. The van der Waals surface area contributed by atoms with Gasteiger partial charge < -0.3 is 5.32 Å². The van der Waals surface area contributed by atoms with E-state index in [1.54, 1.807) is 17.8 Å². The molecule has 0 saturated carbocycles. The summed E-state index contributed by atoms with van der Waals surface area (Å²) in [6.45, 7) is 4.61. The maximum absolute atomic E-state index is 6.21. The van der Waals surface area contributed by atoms with Crippen molar-refractivity contribution >= 4 is 46.7 Å². The fourth-order valence-corrected chi connectivity index (χ4v) is 3.75. The molecule has 1 N–H and O–H groups in total. The van der Waals surface area contributed by atoms with Gasteiger partial charge >= 0.3 is 0 Å². The van der Waals surface area contributed by atoms with E-state index in [1.165, 1.54) is 0 Å². The van der Waals surface area contributed by atoms with E-state index in [9.17, 15) is 0 Å². The number of rotatable bonds is 6. The lowest BCUT2D eigenvalue weighted by Crippen LogP contribution is -2.05. The first-order chi connectivity index (χ1) is 12.1. The van der Waals surface area contributed by atoms with Crippen molar-refractivity contribution in [2.75, 3.05) is 5.32 Å². The van der Waals surface area contributed by atoms with Crippen LogP contribution in [0.3, 0.4) is 0 Å². The Morgan fingerprint density at radius 2 is 1.96 bits per heavy atom. The van der Waals surface area contributed by atoms with Crippen LogP contribution in [0.1, 0.15) is 18.2 Å². The Morgan fingerprint density at radius 1 is 1.16 bits per heavy atom. The summed E-state index contributed by atoms with van der Waals surface area (Å²) >= 11 is 13.7. The van der Waals surface area contributed by atoms with E-state index in [-0.39, 0.29) is 5.28 Å². The van der Waals surface area contributed by atoms with Crippen LogP contribution in [0.4, 0.5) is 11.8 Å². The second-order valence-electron chi connectivity index (χ2n) is 5.22. The fraction of sp³-hybridized carbons (Fsp3) is 0.250. The van der Waals surface area contributed by atoms with Crippen molar-refractivity contribution in [3.63, 3.8) is 0 Å². The van der Waals surface area contributed by atoms with Gasteiger partial charge in [-0.2, -0.15) is 0 Å². The minimum absolute atomic E-state index is 0.193. The van der Waals surface area contributed by atoms with Gasteiger partial charge in [-0.15, -0.1) is 10.2 Å². The summed E-state index contributed by atoms with van der Waals surface area (Å²) in [6.07, 6.45) is 0. The number of anilines is 2. The first kappa shape index (κ1) is 18.0. The highest BCUT2D eigenvalue weighted by atomic mass is 35.5. The van der Waals surface area contributed by atoms with Crippen molar-refractivity contribution in [2.45, 2.75) is 31.3 Å². The van der Waals surface area contributed by atoms with Gasteiger partial charge in [0.05, 0.1) is 0 Å². The Morgan fingerprint density at radius 3 is 2.68 bits per heavy atom. The highest BCUT2D eigenvalue weighted by Gasteiger charge is 2.13. The van der Waals surface area contributed by atoms with Crippen molar-refractivity contribution in [1.29, 1.82) is 0 Å². The van der Waals surface area contributed by atoms with Crippen LogP contribution in [0, 0.1) is 6.92 Å². The SMILES string of the molecule is CCn1c(Nc2cc(C)nc(Cl)n2)nnc1SCc1ccccc1Cl. The smallest absolute Gasteiger partial charge is 0.230 e. The highest BCUT2D eigenvalue weighted by molar-refractivity contribution is 7.98. The first-order valence-corrected chi connectivity index (χ1v) is 9.38. The van der Waals surface area contributed by atoms with E-state index in [0.29, 0.717) is 11.8 Å². The van der Waals surface area contributed by atoms with E-state index in [0.717, 1.165) is 33.7 Å². The molecule has 25 heavy (non-hydrogen) atoms. The zero-order valence-corrected chi connectivity index (χ0v) is 16.0. The van der Waals surface area contributed by atoms with Crippen LogP contribution in [-0.4, -0.2) is 24.7 Å². The van der Waals surface area contributed by atoms with Gasteiger partial charge in [-0.1, -0.05) is 41.6 Å². The van der Waals surface area contributed by atoms with E-state index >= 15 is 0 Å². The zero-order valence-electron chi connectivity index (χ0n) is 13.7. The molecule has 0 spiro atoms. The summed E-state index contributed by atoms with van der Waals surface area (Å²) < 4.78 is 1.98. The van der Waals surface area contributed by atoms with Crippen molar-refractivity contribution < 1.29 is 0 Å². The summed E-state index contributed by atoms with van der Waals surface area (Å²) in [6, 6.07) is 9.59. The topological polar surface area (TPSA) is 68.5 Å². The maximum Gasteiger partial charge on any atom is 0.230 e. The number of nitrogens with zero attached hydrogens (tertiary/aromatic N) is 5. The van der Waals surface area contributed by atoms with Gasteiger partial charge in [-0.3, -0.25) is 4.57 Å². The second kappa shape index (κ2) is 8.03. The zero-order chi connectivity index (χ0) is 17.8. The molecule has 3 rings (SSSR count). The summed E-state index contributed by atoms with van der Waals surface area (Å²) in [5.74, 6) is 1.91. The van der Waals surface area contributed by atoms with Gasteiger partial charge in [-0.05, 0) is 37.1 Å². The van der Waals surface area contributed by atoms with Crippen molar-refractivity contribution in [2.24, 2.45) is 0 Å². The predicted molar refractivity (Wildman–Crippen MR) is 102 cm³/mol. The molecule has 2 aromatic heterocycles. The van der Waals surface area contributed by atoms with Crippen molar-refractivity contribution in [3.05, 3.63) is 51.9 Å².